The first-order valence-corrected chi connectivity index (χ1v) is 9.36. The largest absolute Gasteiger partial charge is 0.398 e. The van der Waals surface area contributed by atoms with Crippen molar-refractivity contribution in [2.24, 2.45) is 0 Å². The quantitative estimate of drug-likeness (QED) is 0.372. The first kappa shape index (κ1) is 20.7. The predicted octanol–water partition coefficient (Wildman–Crippen LogP) is 4.91. The molecule has 0 spiro atoms. The van der Waals surface area contributed by atoms with Crippen LogP contribution in [0.2, 0.25) is 0 Å². The van der Waals surface area contributed by atoms with Crippen LogP contribution in [0.1, 0.15) is 39.2 Å². The van der Waals surface area contributed by atoms with Crippen LogP contribution in [-0.4, -0.2) is 21.4 Å². The third kappa shape index (κ3) is 4.19. The number of rotatable bonds is 5. The van der Waals surface area contributed by atoms with Gasteiger partial charge in [0.25, 0.3) is 5.91 Å². The number of anilines is 2. The number of carbonyl (C=O) groups is 1. The van der Waals surface area contributed by atoms with Gasteiger partial charge in [-0.15, -0.1) is 0 Å². The van der Waals surface area contributed by atoms with E-state index in [1.807, 2.05) is 26.0 Å². The Balaban J connectivity index is 1.90. The number of aryl methyl sites for hydroxylation is 1. The third-order valence-corrected chi connectivity index (χ3v) is 5.36. The zero-order chi connectivity index (χ0) is 21.3. The van der Waals surface area contributed by atoms with Crippen molar-refractivity contribution >= 4 is 38.9 Å². The molecule has 150 valence electrons. The second-order valence-electron chi connectivity index (χ2n) is 6.48. The first-order chi connectivity index (χ1) is 13.7. The van der Waals surface area contributed by atoms with Crippen LogP contribution in [0.3, 0.4) is 0 Å². The number of hydrogen-bond donors (Lipinski definition) is 3. The molecule has 2 aromatic carbocycles. The summed E-state index contributed by atoms with van der Waals surface area (Å²) in [6.45, 7) is 0.895. The van der Waals surface area contributed by atoms with Crippen LogP contribution in [0.25, 0.3) is 0 Å². The summed E-state index contributed by atoms with van der Waals surface area (Å²) in [6.07, 6.45) is 2.25. The Morgan fingerprint density at radius 1 is 1.28 bits per heavy atom. The average molecular weight is 462 g/mol. The molecule has 1 aromatic heterocycles. The highest BCUT2D eigenvalue weighted by Crippen LogP contribution is 2.26. The van der Waals surface area contributed by atoms with Crippen molar-refractivity contribution in [1.29, 1.82) is 5.41 Å². The summed E-state index contributed by atoms with van der Waals surface area (Å²) in [7, 11) is 0. The van der Waals surface area contributed by atoms with Gasteiger partial charge in [-0.3, -0.25) is 10.2 Å². The third-order valence-electron chi connectivity index (χ3n) is 4.50. The van der Waals surface area contributed by atoms with Crippen LogP contribution < -0.4 is 11.1 Å². The Morgan fingerprint density at radius 3 is 2.66 bits per heavy atom. The van der Waals surface area contributed by atoms with Gasteiger partial charge in [0, 0.05) is 38.7 Å². The summed E-state index contributed by atoms with van der Waals surface area (Å²) in [5, 5.41) is 14.7. The van der Waals surface area contributed by atoms with E-state index in [1.54, 1.807) is 12.1 Å². The number of hydrogen-bond acceptors (Lipinski definition) is 4. The minimum absolute atomic E-state index is 0.0692. The van der Waals surface area contributed by atoms with Crippen LogP contribution in [0.15, 0.2) is 47.2 Å². The molecule has 0 aliphatic rings. The molecule has 1 amide bonds. The van der Waals surface area contributed by atoms with Gasteiger partial charge in [0.1, 0.15) is 0 Å². The highest BCUT2D eigenvalue weighted by Gasteiger charge is 2.17. The summed E-state index contributed by atoms with van der Waals surface area (Å²) >= 11 is 3.43. The summed E-state index contributed by atoms with van der Waals surface area (Å²) in [4.78, 5) is 12.8. The minimum Gasteiger partial charge on any atom is -0.398 e. The van der Waals surface area contributed by atoms with Crippen LogP contribution in [-0.2, 0) is 0 Å². The molecule has 3 rings (SSSR count). The number of aromatic nitrogens is 2. The number of benzene rings is 2. The van der Waals surface area contributed by atoms with Crippen molar-refractivity contribution in [3.8, 4) is 0 Å². The second-order valence-corrected chi connectivity index (χ2v) is 7.34. The van der Waals surface area contributed by atoms with Gasteiger partial charge in [-0.25, -0.2) is 4.68 Å². The number of halogens is 3. The first-order valence-electron chi connectivity index (χ1n) is 8.57. The molecule has 3 aromatic rings. The van der Waals surface area contributed by atoms with Crippen LogP contribution >= 0.6 is 15.9 Å². The maximum absolute atomic E-state index is 12.8. The lowest BCUT2D eigenvalue weighted by molar-refractivity contribution is 0.0566. The number of carbonyl (C=O) groups excluding carboxylic acids is 1. The summed E-state index contributed by atoms with van der Waals surface area (Å²) in [5.74, 6) is -0.297. The predicted molar refractivity (Wildman–Crippen MR) is 112 cm³/mol. The molecule has 0 aliphatic heterocycles. The molecule has 0 bridgehead atoms. The van der Waals surface area contributed by atoms with Crippen molar-refractivity contribution in [1.82, 2.24) is 9.78 Å². The maximum atomic E-state index is 12.8. The van der Waals surface area contributed by atoms with E-state index in [-0.39, 0.29) is 22.9 Å². The topological polar surface area (TPSA) is 96.8 Å². The Hall–Kier alpha value is -3.07. The van der Waals surface area contributed by atoms with Gasteiger partial charge in [0.2, 0.25) is 0 Å². The lowest BCUT2D eigenvalue weighted by atomic mass is 10.0. The van der Waals surface area contributed by atoms with Crippen LogP contribution in [0.4, 0.5) is 20.2 Å². The Bertz CT molecular complexity index is 1110. The Labute approximate surface area is 174 Å². The molecule has 0 fully saturated rings. The molecule has 1 heterocycles. The number of nitrogens with two attached hydrogens (primary N) is 1. The standard InChI is InChI=1S/C20H18BrF2N5O/c1-10-3-5-15(21)11(2)17(10)19(29)27-13-4-6-16(24)14(7-13)18(25)12-8-26-28(9-12)20(22)23/h3-9,20,25H,24H2,1-2H3,(H,27,29). The van der Waals surface area contributed by atoms with Crippen molar-refractivity contribution < 1.29 is 13.6 Å². The summed E-state index contributed by atoms with van der Waals surface area (Å²) in [6, 6.07) is 8.44. The molecule has 0 saturated heterocycles. The van der Waals surface area contributed by atoms with E-state index >= 15 is 0 Å². The van der Waals surface area contributed by atoms with Gasteiger partial charge < -0.3 is 11.1 Å². The minimum atomic E-state index is -2.80. The fourth-order valence-electron chi connectivity index (χ4n) is 2.94. The molecule has 0 radical (unpaired) electrons. The van der Waals surface area contributed by atoms with E-state index in [1.165, 1.54) is 12.3 Å². The Morgan fingerprint density at radius 2 is 2.00 bits per heavy atom. The summed E-state index contributed by atoms with van der Waals surface area (Å²) in [5.41, 5.74) is 9.30. The number of alkyl halides is 2. The van der Waals surface area contributed by atoms with Gasteiger partial charge >= 0.3 is 6.55 Å². The molecule has 9 heteroatoms. The van der Waals surface area contributed by atoms with Gasteiger partial charge in [-0.1, -0.05) is 22.0 Å². The van der Waals surface area contributed by atoms with Gasteiger partial charge in [0.15, 0.2) is 0 Å². The second kappa shape index (κ2) is 8.12. The highest BCUT2D eigenvalue weighted by atomic mass is 79.9. The van der Waals surface area contributed by atoms with E-state index in [4.69, 9.17) is 11.1 Å². The fourth-order valence-corrected chi connectivity index (χ4v) is 3.27. The van der Waals surface area contributed by atoms with Crippen LogP contribution in [0.5, 0.6) is 0 Å². The zero-order valence-corrected chi connectivity index (χ0v) is 17.2. The molecular weight excluding hydrogens is 444 g/mol. The monoisotopic (exact) mass is 461 g/mol. The van der Waals surface area contributed by atoms with Gasteiger partial charge in [-0.05, 0) is 49.2 Å². The number of nitrogens with zero attached hydrogens (tertiary/aromatic N) is 2. The lowest BCUT2D eigenvalue weighted by Crippen LogP contribution is -2.16. The fraction of sp³-hybridized carbons (Fsp3) is 0.150. The maximum Gasteiger partial charge on any atom is 0.333 e. The zero-order valence-electron chi connectivity index (χ0n) is 15.6. The average Bonchev–Trinajstić information content (AvgIpc) is 3.16. The molecule has 0 atom stereocenters. The van der Waals surface area contributed by atoms with Gasteiger partial charge in [-0.2, -0.15) is 13.9 Å². The number of amides is 1. The molecule has 0 saturated carbocycles. The molecule has 0 unspecified atom stereocenters. The lowest BCUT2D eigenvalue weighted by Gasteiger charge is -2.14. The Kier molecular flexibility index (Phi) is 5.78. The van der Waals surface area contributed by atoms with Gasteiger partial charge in [0.05, 0.1) is 11.9 Å². The van der Waals surface area contributed by atoms with E-state index in [0.717, 1.165) is 21.8 Å². The van der Waals surface area contributed by atoms with Crippen molar-refractivity contribution in [3.63, 3.8) is 0 Å². The SMILES string of the molecule is Cc1ccc(Br)c(C)c1C(=O)Nc1ccc(N)c(C(=N)c2cnn(C(F)F)c2)c1. The van der Waals surface area contributed by atoms with Crippen molar-refractivity contribution in [2.45, 2.75) is 20.4 Å². The van der Waals surface area contributed by atoms with E-state index in [9.17, 15) is 13.6 Å². The van der Waals surface area contributed by atoms with E-state index < -0.39 is 6.55 Å². The van der Waals surface area contributed by atoms with Crippen LogP contribution in [0, 0.1) is 19.3 Å². The number of nitrogen functional groups attached to an aromatic ring is 1. The highest BCUT2D eigenvalue weighted by molar-refractivity contribution is 9.10. The molecule has 29 heavy (non-hydrogen) atoms. The van der Waals surface area contributed by atoms with Crippen molar-refractivity contribution in [2.75, 3.05) is 11.1 Å². The summed E-state index contributed by atoms with van der Waals surface area (Å²) < 4.78 is 26.8. The molecule has 4 N–H and O–H groups in total. The number of nitrogens with one attached hydrogen (secondary N) is 2. The van der Waals surface area contributed by atoms with E-state index in [0.29, 0.717) is 21.5 Å². The molecule has 6 nitrogen and oxygen atoms in total. The van der Waals surface area contributed by atoms with Crippen molar-refractivity contribution in [3.05, 3.63) is 75.0 Å². The normalized spacial score (nSPS) is 11.0. The smallest absolute Gasteiger partial charge is 0.333 e. The van der Waals surface area contributed by atoms with E-state index in [2.05, 4.69) is 26.3 Å². The molecule has 0 aliphatic carbocycles. The molecular formula is C20H18BrF2N5O.